The van der Waals surface area contributed by atoms with Gasteiger partial charge in [-0.1, -0.05) is 12.2 Å². The van der Waals surface area contributed by atoms with E-state index < -0.39 is 0 Å². The molecule has 4 rings (SSSR count). The van der Waals surface area contributed by atoms with Gasteiger partial charge in [0, 0.05) is 44.0 Å². The predicted molar refractivity (Wildman–Crippen MR) is 126 cm³/mol. The van der Waals surface area contributed by atoms with Crippen LogP contribution in [0, 0.1) is 0 Å². The molecule has 0 radical (unpaired) electrons. The highest BCUT2D eigenvalue weighted by Crippen LogP contribution is 2.40. The van der Waals surface area contributed by atoms with Crippen LogP contribution in [-0.2, 0) is 4.74 Å². The van der Waals surface area contributed by atoms with Crippen molar-refractivity contribution in [2.75, 3.05) is 32.8 Å². The van der Waals surface area contributed by atoms with E-state index in [1.807, 2.05) is 6.21 Å². The van der Waals surface area contributed by atoms with Gasteiger partial charge in [0.25, 0.3) is 0 Å². The molecule has 0 spiro atoms. The molecule has 3 aliphatic heterocycles. The maximum Gasteiger partial charge on any atom is 0.127 e. The van der Waals surface area contributed by atoms with Gasteiger partial charge in [-0.15, -0.1) is 0 Å². The van der Waals surface area contributed by atoms with Gasteiger partial charge in [0.15, 0.2) is 0 Å². The van der Waals surface area contributed by atoms with Crippen LogP contribution in [0.15, 0.2) is 34.0 Å². The summed E-state index contributed by atoms with van der Waals surface area (Å²) in [4.78, 5) is 7.08. The second-order valence-electron chi connectivity index (χ2n) is 9.37. The van der Waals surface area contributed by atoms with Gasteiger partial charge in [-0.3, -0.25) is 5.01 Å². The molecule has 5 N–H and O–H groups in total. The molecule has 0 aromatic rings. The predicted octanol–water partition coefficient (Wildman–Crippen LogP) is 1.55. The molecular formula is C23H39N7O. The Labute approximate surface area is 186 Å². The van der Waals surface area contributed by atoms with Crippen LogP contribution in [0.25, 0.3) is 0 Å². The Morgan fingerprint density at radius 3 is 2.77 bits per heavy atom. The zero-order chi connectivity index (χ0) is 21.7. The Bertz CT molecular complexity index is 719. The Kier molecular flexibility index (Phi) is 7.30. The summed E-state index contributed by atoms with van der Waals surface area (Å²) in [5.74, 6) is 1.04. The lowest BCUT2D eigenvalue weighted by Crippen LogP contribution is -2.46. The van der Waals surface area contributed by atoms with Crippen LogP contribution < -0.4 is 16.8 Å². The third-order valence-electron chi connectivity index (χ3n) is 6.71. The third kappa shape index (κ3) is 6.08. The van der Waals surface area contributed by atoms with Gasteiger partial charge in [0.2, 0.25) is 0 Å². The van der Waals surface area contributed by atoms with Crippen LogP contribution in [0.2, 0.25) is 0 Å². The molecule has 2 fully saturated rings. The smallest absolute Gasteiger partial charge is 0.127 e. The van der Waals surface area contributed by atoms with Crippen molar-refractivity contribution in [3.05, 3.63) is 23.9 Å². The summed E-state index contributed by atoms with van der Waals surface area (Å²) in [6.45, 7) is 6.53. The van der Waals surface area contributed by atoms with Crippen molar-refractivity contribution in [3.8, 4) is 0 Å². The maximum atomic E-state index is 6.51. The molecule has 8 nitrogen and oxygen atoms in total. The highest BCUT2D eigenvalue weighted by Gasteiger charge is 2.40. The molecule has 1 saturated heterocycles. The van der Waals surface area contributed by atoms with Crippen molar-refractivity contribution in [1.82, 2.24) is 15.2 Å². The summed E-state index contributed by atoms with van der Waals surface area (Å²) in [5.41, 5.74) is 13.3. The first-order valence-corrected chi connectivity index (χ1v) is 11.9. The molecule has 31 heavy (non-hydrogen) atoms. The van der Waals surface area contributed by atoms with E-state index in [0.717, 1.165) is 76.1 Å². The maximum absolute atomic E-state index is 6.51. The van der Waals surface area contributed by atoms with E-state index in [2.05, 4.69) is 45.5 Å². The molecule has 0 aromatic carbocycles. The Hall–Kier alpha value is -1.90. The Balaban J connectivity index is 1.31. The number of nitrogens with zero attached hydrogens (tertiary/aromatic N) is 4. The van der Waals surface area contributed by atoms with Crippen LogP contribution in [0.5, 0.6) is 0 Å². The summed E-state index contributed by atoms with van der Waals surface area (Å²) < 4.78 is 6.27. The SMILES string of the molecule is CC1(OC(C=CC(N)C2=CC(N3CCC(N4CCC=N4)CC3)=NCN2)CCCN)CC1. The minimum atomic E-state index is -0.196. The van der Waals surface area contributed by atoms with E-state index in [9.17, 15) is 0 Å². The number of aliphatic imine (C=N–C) groups is 1. The number of nitrogens with one attached hydrogen (secondary N) is 1. The van der Waals surface area contributed by atoms with Crippen LogP contribution in [0.3, 0.4) is 0 Å². The van der Waals surface area contributed by atoms with E-state index in [1.54, 1.807) is 0 Å². The van der Waals surface area contributed by atoms with Gasteiger partial charge >= 0.3 is 0 Å². The van der Waals surface area contributed by atoms with Gasteiger partial charge in [-0.2, -0.15) is 5.10 Å². The van der Waals surface area contributed by atoms with E-state index >= 15 is 0 Å². The highest BCUT2D eigenvalue weighted by atomic mass is 16.5. The number of piperidine rings is 1. The van der Waals surface area contributed by atoms with Crippen LogP contribution in [0.1, 0.15) is 51.9 Å². The molecule has 1 saturated carbocycles. The van der Waals surface area contributed by atoms with Crippen molar-refractivity contribution >= 4 is 12.1 Å². The number of hydrazone groups is 1. The second-order valence-corrected chi connectivity index (χ2v) is 9.37. The molecule has 0 bridgehead atoms. The zero-order valence-electron chi connectivity index (χ0n) is 18.9. The van der Waals surface area contributed by atoms with Crippen molar-refractivity contribution in [3.63, 3.8) is 0 Å². The molecule has 2 unspecified atom stereocenters. The number of likely N-dealkylation sites (tertiary alicyclic amines) is 1. The molecule has 8 heteroatoms. The number of hydrogen-bond acceptors (Lipinski definition) is 8. The molecule has 3 heterocycles. The first-order valence-electron chi connectivity index (χ1n) is 11.9. The monoisotopic (exact) mass is 429 g/mol. The van der Waals surface area contributed by atoms with E-state index in [4.69, 9.17) is 21.2 Å². The lowest BCUT2D eigenvalue weighted by Gasteiger charge is -2.37. The van der Waals surface area contributed by atoms with Crippen molar-refractivity contribution in [1.29, 1.82) is 0 Å². The average molecular weight is 430 g/mol. The van der Waals surface area contributed by atoms with E-state index in [-0.39, 0.29) is 17.7 Å². The van der Waals surface area contributed by atoms with Crippen LogP contribution >= 0.6 is 0 Å². The molecule has 0 amide bonds. The number of rotatable bonds is 9. The standard InChI is InChI=1S/C23H39N7O/c1-23(9-10-23)31-19(4-2-11-24)5-6-20(25)21-16-22(27-17-26-21)29-14-7-18(8-15-29)30-13-3-12-28-30/h5-6,12,16,18-20,26H,2-4,7-11,13-15,17,24-25H2,1H3. The normalized spacial score (nSPS) is 25.4. The van der Waals surface area contributed by atoms with Gasteiger partial charge in [-0.25, -0.2) is 4.99 Å². The fourth-order valence-electron chi connectivity index (χ4n) is 4.45. The first-order chi connectivity index (χ1) is 15.1. The zero-order valence-corrected chi connectivity index (χ0v) is 18.9. The van der Waals surface area contributed by atoms with Crippen molar-refractivity contribution in [2.24, 2.45) is 21.6 Å². The molecule has 172 valence electrons. The van der Waals surface area contributed by atoms with Gasteiger partial charge in [0.1, 0.15) is 12.5 Å². The molecule has 0 aromatic heterocycles. The highest BCUT2D eigenvalue weighted by molar-refractivity contribution is 5.94. The molecule has 4 aliphatic rings. The second kappa shape index (κ2) is 10.1. The largest absolute Gasteiger partial charge is 0.368 e. The van der Waals surface area contributed by atoms with Gasteiger partial charge in [0.05, 0.1) is 23.8 Å². The minimum Gasteiger partial charge on any atom is -0.368 e. The third-order valence-corrected chi connectivity index (χ3v) is 6.71. The van der Waals surface area contributed by atoms with Gasteiger partial charge in [-0.05, 0) is 52.0 Å². The fourth-order valence-corrected chi connectivity index (χ4v) is 4.45. The number of nitrogens with two attached hydrogens (primary N) is 2. The minimum absolute atomic E-state index is 0.0440. The van der Waals surface area contributed by atoms with E-state index in [0.29, 0.717) is 19.3 Å². The summed E-state index contributed by atoms with van der Waals surface area (Å²) >= 11 is 0. The molecular weight excluding hydrogens is 390 g/mol. The number of amidine groups is 1. The van der Waals surface area contributed by atoms with Gasteiger partial charge < -0.3 is 26.4 Å². The molecule has 1 aliphatic carbocycles. The quantitative estimate of drug-likeness (QED) is 0.480. The summed E-state index contributed by atoms with van der Waals surface area (Å²) in [7, 11) is 0. The summed E-state index contributed by atoms with van der Waals surface area (Å²) in [6.07, 6.45) is 15.9. The van der Waals surface area contributed by atoms with Crippen molar-refractivity contribution in [2.45, 2.75) is 75.7 Å². The number of hydrogen-bond donors (Lipinski definition) is 3. The summed E-state index contributed by atoms with van der Waals surface area (Å²) in [6, 6.07) is 0.364. The Morgan fingerprint density at radius 2 is 2.10 bits per heavy atom. The first kappa shape index (κ1) is 22.3. The lowest BCUT2D eigenvalue weighted by atomic mass is 10.0. The number of ether oxygens (including phenoxy) is 1. The van der Waals surface area contributed by atoms with E-state index in [1.165, 1.54) is 0 Å². The fraction of sp³-hybridized carbons (Fsp3) is 0.739. The average Bonchev–Trinajstić information content (AvgIpc) is 3.27. The van der Waals surface area contributed by atoms with Crippen LogP contribution in [-0.4, -0.2) is 78.6 Å². The van der Waals surface area contributed by atoms with Crippen molar-refractivity contribution < 1.29 is 4.74 Å². The van der Waals surface area contributed by atoms with Crippen LogP contribution in [0.4, 0.5) is 0 Å². The topological polar surface area (TPSA) is 104 Å². The lowest BCUT2D eigenvalue weighted by molar-refractivity contribution is 0.00154. The Morgan fingerprint density at radius 1 is 1.29 bits per heavy atom. The summed E-state index contributed by atoms with van der Waals surface area (Å²) in [5, 5.41) is 10.1. The molecule has 2 atom stereocenters.